The van der Waals surface area contributed by atoms with Crippen LogP contribution in [0.1, 0.15) is 16.1 Å². The number of amides is 1. The molecule has 2 heterocycles. The SMILES string of the molecule is COc1ccc(CNC(=O)c2csc(-c3cnn(-c4ccccc4)c3)n2)c(OC)c1. The first-order valence-electron chi connectivity index (χ1n) is 9.23. The van der Waals surface area contributed by atoms with Crippen LogP contribution in [0, 0.1) is 0 Å². The molecule has 0 unspecified atom stereocenters. The molecule has 4 rings (SSSR count). The fourth-order valence-electron chi connectivity index (χ4n) is 2.93. The van der Waals surface area contributed by atoms with Crippen molar-refractivity contribution < 1.29 is 14.3 Å². The van der Waals surface area contributed by atoms with E-state index < -0.39 is 0 Å². The molecule has 0 radical (unpaired) electrons. The van der Waals surface area contributed by atoms with Crippen molar-refractivity contribution in [2.45, 2.75) is 6.54 Å². The molecule has 0 bridgehead atoms. The van der Waals surface area contributed by atoms with E-state index in [1.165, 1.54) is 11.3 Å². The number of para-hydroxylation sites is 1. The summed E-state index contributed by atoms with van der Waals surface area (Å²) >= 11 is 1.41. The lowest BCUT2D eigenvalue weighted by atomic mass is 10.2. The smallest absolute Gasteiger partial charge is 0.271 e. The Hall–Kier alpha value is -3.65. The first kappa shape index (κ1) is 19.7. The standard InChI is InChI=1S/C22H20N4O3S/c1-28-18-9-8-15(20(10-18)29-2)11-23-21(27)19-14-30-22(25-19)16-12-24-26(13-16)17-6-4-3-5-7-17/h3-10,12-14H,11H2,1-2H3,(H,23,27). The van der Waals surface area contributed by atoms with E-state index in [1.807, 2.05) is 48.7 Å². The van der Waals surface area contributed by atoms with E-state index in [9.17, 15) is 4.79 Å². The molecule has 4 aromatic rings. The number of aromatic nitrogens is 3. The quantitative estimate of drug-likeness (QED) is 0.490. The monoisotopic (exact) mass is 420 g/mol. The summed E-state index contributed by atoms with van der Waals surface area (Å²) in [5.41, 5.74) is 3.05. The van der Waals surface area contributed by atoms with Gasteiger partial charge in [0, 0.05) is 35.3 Å². The number of nitrogens with zero attached hydrogens (tertiary/aromatic N) is 3. The lowest BCUT2D eigenvalue weighted by molar-refractivity contribution is 0.0946. The summed E-state index contributed by atoms with van der Waals surface area (Å²) in [5, 5.41) is 9.76. The van der Waals surface area contributed by atoms with E-state index in [-0.39, 0.29) is 5.91 Å². The van der Waals surface area contributed by atoms with Gasteiger partial charge in [-0.1, -0.05) is 18.2 Å². The minimum absolute atomic E-state index is 0.245. The summed E-state index contributed by atoms with van der Waals surface area (Å²) in [6, 6.07) is 15.3. The second-order valence-electron chi connectivity index (χ2n) is 6.41. The van der Waals surface area contributed by atoms with Crippen molar-refractivity contribution in [2.75, 3.05) is 14.2 Å². The zero-order valence-corrected chi connectivity index (χ0v) is 17.3. The van der Waals surface area contributed by atoms with Crippen LogP contribution in [-0.2, 0) is 6.54 Å². The van der Waals surface area contributed by atoms with Crippen molar-refractivity contribution in [3.63, 3.8) is 0 Å². The highest BCUT2D eigenvalue weighted by Crippen LogP contribution is 2.26. The van der Waals surface area contributed by atoms with Gasteiger partial charge in [-0.05, 0) is 24.3 Å². The number of ether oxygens (including phenoxy) is 2. The van der Waals surface area contributed by atoms with E-state index in [4.69, 9.17) is 9.47 Å². The fraction of sp³-hybridized carbons (Fsp3) is 0.136. The Morgan fingerprint density at radius 3 is 2.73 bits per heavy atom. The van der Waals surface area contributed by atoms with E-state index in [1.54, 1.807) is 36.5 Å². The van der Waals surface area contributed by atoms with Gasteiger partial charge < -0.3 is 14.8 Å². The lowest BCUT2D eigenvalue weighted by Gasteiger charge is -2.10. The van der Waals surface area contributed by atoms with Crippen LogP contribution in [0.4, 0.5) is 0 Å². The second kappa shape index (κ2) is 8.79. The Morgan fingerprint density at radius 1 is 1.13 bits per heavy atom. The van der Waals surface area contributed by atoms with Gasteiger partial charge in [0.2, 0.25) is 0 Å². The number of hydrogen-bond donors (Lipinski definition) is 1. The van der Waals surface area contributed by atoms with Gasteiger partial charge in [-0.25, -0.2) is 9.67 Å². The van der Waals surface area contributed by atoms with Crippen molar-refractivity contribution >= 4 is 17.2 Å². The third kappa shape index (κ3) is 4.18. The molecule has 0 spiro atoms. The summed E-state index contributed by atoms with van der Waals surface area (Å²) in [6.45, 7) is 0.324. The first-order valence-corrected chi connectivity index (χ1v) is 10.1. The van der Waals surface area contributed by atoms with Crippen LogP contribution < -0.4 is 14.8 Å². The second-order valence-corrected chi connectivity index (χ2v) is 7.27. The maximum atomic E-state index is 12.6. The number of nitrogens with one attached hydrogen (secondary N) is 1. The number of thiazole rings is 1. The molecule has 7 nitrogen and oxygen atoms in total. The average Bonchev–Trinajstić information content (AvgIpc) is 3.48. The molecule has 0 aliphatic heterocycles. The van der Waals surface area contributed by atoms with Gasteiger partial charge in [-0.3, -0.25) is 4.79 Å². The van der Waals surface area contributed by atoms with Gasteiger partial charge in [-0.15, -0.1) is 11.3 Å². The van der Waals surface area contributed by atoms with Crippen LogP contribution in [0.15, 0.2) is 66.3 Å². The maximum Gasteiger partial charge on any atom is 0.271 e. The Bertz CT molecular complexity index is 1150. The van der Waals surface area contributed by atoms with E-state index in [2.05, 4.69) is 15.4 Å². The summed E-state index contributed by atoms with van der Waals surface area (Å²) in [5.74, 6) is 1.11. The Morgan fingerprint density at radius 2 is 1.97 bits per heavy atom. The Balaban J connectivity index is 1.44. The number of carbonyl (C=O) groups is 1. The van der Waals surface area contributed by atoms with Crippen molar-refractivity contribution in [1.82, 2.24) is 20.1 Å². The molecule has 0 aliphatic carbocycles. The molecule has 30 heavy (non-hydrogen) atoms. The number of carbonyl (C=O) groups excluding carboxylic acids is 1. The maximum absolute atomic E-state index is 12.6. The number of rotatable bonds is 7. The van der Waals surface area contributed by atoms with E-state index >= 15 is 0 Å². The van der Waals surface area contributed by atoms with Gasteiger partial charge in [0.15, 0.2) is 0 Å². The summed E-state index contributed by atoms with van der Waals surface area (Å²) in [6.07, 6.45) is 3.65. The molecule has 2 aromatic carbocycles. The van der Waals surface area contributed by atoms with Gasteiger partial charge in [0.25, 0.3) is 5.91 Å². The highest BCUT2D eigenvalue weighted by atomic mass is 32.1. The largest absolute Gasteiger partial charge is 0.497 e. The summed E-state index contributed by atoms with van der Waals surface area (Å²) in [7, 11) is 3.18. The summed E-state index contributed by atoms with van der Waals surface area (Å²) in [4.78, 5) is 17.0. The fourth-order valence-corrected chi connectivity index (χ4v) is 3.71. The van der Waals surface area contributed by atoms with Crippen LogP contribution in [0.25, 0.3) is 16.3 Å². The summed E-state index contributed by atoms with van der Waals surface area (Å²) < 4.78 is 12.4. The predicted molar refractivity (Wildman–Crippen MR) is 115 cm³/mol. The van der Waals surface area contributed by atoms with Crippen molar-refractivity contribution in [1.29, 1.82) is 0 Å². The molecule has 2 aromatic heterocycles. The molecule has 152 valence electrons. The van der Waals surface area contributed by atoms with Crippen LogP contribution in [0.5, 0.6) is 11.5 Å². The molecular weight excluding hydrogens is 400 g/mol. The third-order valence-electron chi connectivity index (χ3n) is 4.52. The number of benzene rings is 2. The minimum Gasteiger partial charge on any atom is -0.497 e. The number of hydrogen-bond acceptors (Lipinski definition) is 6. The molecular formula is C22H20N4O3S. The van der Waals surface area contributed by atoms with Crippen LogP contribution >= 0.6 is 11.3 Å². The van der Waals surface area contributed by atoms with Gasteiger partial charge in [0.05, 0.1) is 26.1 Å². The van der Waals surface area contributed by atoms with Crippen molar-refractivity contribution in [3.05, 3.63) is 77.6 Å². The van der Waals surface area contributed by atoms with E-state index in [0.29, 0.717) is 23.7 Å². The molecule has 0 saturated carbocycles. The molecule has 0 saturated heterocycles. The topological polar surface area (TPSA) is 78.3 Å². The van der Waals surface area contributed by atoms with E-state index in [0.717, 1.165) is 21.8 Å². The van der Waals surface area contributed by atoms with Crippen LogP contribution in [0.2, 0.25) is 0 Å². The number of methoxy groups -OCH3 is 2. The zero-order chi connectivity index (χ0) is 20.9. The highest BCUT2D eigenvalue weighted by molar-refractivity contribution is 7.13. The first-order chi connectivity index (χ1) is 14.7. The molecule has 0 fully saturated rings. The Kier molecular flexibility index (Phi) is 5.76. The van der Waals surface area contributed by atoms with Crippen LogP contribution in [0.3, 0.4) is 0 Å². The molecule has 8 heteroatoms. The van der Waals surface area contributed by atoms with Crippen molar-refractivity contribution in [3.8, 4) is 27.8 Å². The van der Waals surface area contributed by atoms with Gasteiger partial charge >= 0.3 is 0 Å². The highest BCUT2D eigenvalue weighted by Gasteiger charge is 2.14. The minimum atomic E-state index is -0.245. The average molecular weight is 420 g/mol. The normalized spacial score (nSPS) is 10.6. The van der Waals surface area contributed by atoms with Crippen molar-refractivity contribution in [2.24, 2.45) is 0 Å². The molecule has 0 aliphatic rings. The predicted octanol–water partition coefficient (Wildman–Crippen LogP) is 3.94. The van der Waals surface area contributed by atoms with Crippen LogP contribution in [-0.4, -0.2) is 34.9 Å². The molecule has 1 amide bonds. The zero-order valence-electron chi connectivity index (χ0n) is 16.5. The Labute approximate surface area is 177 Å². The molecule has 1 N–H and O–H groups in total. The molecule has 0 atom stereocenters. The van der Waals surface area contributed by atoms with Gasteiger partial charge in [0.1, 0.15) is 22.2 Å². The van der Waals surface area contributed by atoms with Gasteiger partial charge in [-0.2, -0.15) is 5.10 Å². The lowest BCUT2D eigenvalue weighted by Crippen LogP contribution is -2.23. The third-order valence-corrected chi connectivity index (χ3v) is 5.41.